The van der Waals surface area contributed by atoms with Gasteiger partial charge in [-0.3, -0.25) is 0 Å². The maximum atomic E-state index is 11.5. The molecular weight excluding hydrogens is 276 g/mol. The van der Waals surface area contributed by atoms with Crippen LogP contribution in [0.3, 0.4) is 0 Å². The molecule has 5 heteroatoms. The van der Waals surface area contributed by atoms with Crippen LogP contribution in [0.2, 0.25) is 5.02 Å². The third kappa shape index (κ3) is 3.01. The number of benzene rings is 1. The molecule has 0 spiro atoms. The average Bonchev–Trinajstić information content (AvgIpc) is 2.39. The molecule has 1 aromatic rings. The summed E-state index contributed by atoms with van der Waals surface area (Å²) in [6, 6.07) is 3.51. The molecule has 2 rings (SSSR count). The number of carbonyl (C=O) groups is 1. The fourth-order valence-electron chi connectivity index (χ4n) is 3.00. The first kappa shape index (κ1) is 15.0. The van der Waals surface area contributed by atoms with Crippen molar-refractivity contribution in [3.8, 4) is 0 Å². The molecule has 1 atom stereocenters. The van der Waals surface area contributed by atoms with Crippen molar-refractivity contribution in [1.82, 2.24) is 0 Å². The van der Waals surface area contributed by atoms with Gasteiger partial charge in [0.1, 0.15) is 0 Å². The first-order valence-electron chi connectivity index (χ1n) is 7.13. The lowest BCUT2D eigenvalue weighted by Gasteiger charge is -2.39. The van der Waals surface area contributed by atoms with Crippen LogP contribution in [0.15, 0.2) is 12.1 Å². The van der Waals surface area contributed by atoms with Crippen molar-refractivity contribution in [3.63, 3.8) is 0 Å². The van der Waals surface area contributed by atoms with E-state index < -0.39 is 5.97 Å². The normalized spacial score (nSPS) is 19.1. The topological polar surface area (TPSA) is 66.6 Å². The van der Waals surface area contributed by atoms with Crippen molar-refractivity contribution in [2.24, 2.45) is 0 Å². The second kappa shape index (κ2) is 6.35. The fourth-order valence-corrected chi connectivity index (χ4v) is 3.34. The quantitative estimate of drug-likeness (QED) is 0.830. The Bertz CT molecular complexity index is 503. The first-order valence-corrected chi connectivity index (χ1v) is 7.51. The molecule has 1 heterocycles. The average molecular weight is 297 g/mol. The molecule has 3 N–H and O–H groups in total. The molecule has 20 heavy (non-hydrogen) atoms. The molecule has 0 amide bonds. The smallest absolute Gasteiger partial charge is 0.337 e. The summed E-state index contributed by atoms with van der Waals surface area (Å²) in [6.07, 6.45) is 5.49. The molecule has 1 saturated heterocycles. The number of nitrogen functional groups attached to an aromatic ring is 1. The second-order valence-corrected chi connectivity index (χ2v) is 5.74. The van der Waals surface area contributed by atoms with E-state index in [0.717, 1.165) is 32.2 Å². The zero-order valence-corrected chi connectivity index (χ0v) is 12.5. The Morgan fingerprint density at radius 2 is 2.25 bits per heavy atom. The molecule has 1 fully saturated rings. The Balaban J connectivity index is 2.46. The van der Waals surface area contributed by atoms with E-state index in [1.165, 1.54) is 12.5 Å². The SMILES string of the molecule is CCCC1CCCCN1c1c(Cl)cc(N)cc1C(=O)O. The summed E-state index contributed by atoms with van der Waals surface area (Å²) in [6.45, 7) is 3.00. The Morgan fingerprint density at radius 3 is 2.90 bits per heavy atom. The summed E-state index contributed by atoms with van der Waals surface area (Å²) in [5, 5.41) is 9.86. The van der Waals surface area contributed by atoms with Crippen LogP contribution in [0.25, 0.3) is 0 Å². The molecule has 1 aromatic carbocycles. The van der Waals surface area contributed by atoms with Crippen molar-refractivity contribution in [1.29, 1.82) is 0 Å². The van der Waals surface area contributed by atoms with Crippen LogP contribution < -0.4 is 10.6 Å². The number of carboxylic acid groups (broad SMARTS) is 1. The zero-order chi connectivity index (χ0) is 14.7. The van der Waals surface area contributed by atoms with E-state index in [-0.39, 0.29) is 5.56 Å². The number of nitrogens with zero attached hydrogens (tertiary/aromatic N) is 1. The lowest BCUT2D eigenvalue weighted by molar-refractivity contribution is 0.0697. The van der Waals surface area contributed by atoms with Crippen LogP contribution >= 0.6 is 11.6 Å². The van der Waals surface area contributed by atoms with Gasteiger partial charge in [-0.25, -0.2) is 4.79 Å². The van der Waals surface area contributed by atoms with Crippen LogP contribution in [-0.4, -0.2) is 23.7 Å². The molecular formula is C15H21ClN2O2. The minimum Gasteiger partial charge on any atom is -0.478 e. The van der Waals surface area contributed by atoms with Crippen molar-refractivity contribution in [2.75, 3.05) is 17.2 Å². The van der Waals surface area contributed by atoms with Gasteiger partial charge in [-0.05, 0) is 37.8 Å². The summed E-state index contributed by atoms with van der Waals surface area (Å²) in [7, 11) is 0. The number of piperidine rings is 1. The zero-order valence-electron chi connectivity index (χ0n) is 11.7. The van der Waals surface area contributed by atoms with Crippen LogP contribution in [0, 0.1) is 0 Å². The highest BCUT2D eigenvalue weighted by Crippen LogP contribution is 2.37. The van der Waals surface area contributed by atoms with Crippen molar-refractivity contribution in [3.05, 3.63) is 22.7 Å². The predicted molar refractivity (Wildman–Crippen MR) is 82.7 cm³/mol. The van der Waals surface area contributed by atoms with E-state index in [4.69, 9.17) is 17.3 Å². The van der Waals surface area contributed by atoms with E-state index in [2.05, 4.69) is 11.8 Å². The molecule has 0 radical (unpaired) electrons. The van der Waals surface area contributed by atoms with Gasteiger partial charge in [-0.1, -0.05) is 24.9 Å². The number of hydrogen-bond donors (Lipinski definition) is 2. The highest BCUT2D eigenvalue weighted by Gasteiger charge is 2.27. The van der Waals surface area contributed by atoms with Crippen LogP contribution in [0.1, 0.15) is 49.4 Å². The summed E-state index contributed by atoms with van der Waals surface area (Å²) < 4.78 is 0. The minimum atomic E-state index is -0.977. The fraction of sp³-hybridized carbons (Fsp3) is 0.533. The molecule has 1 aliphatic rings. The Morgan fingerprint density at radius 1 is 1.50 bits per heavy atom. The molecule has 1 aliphatic heterocycles. The number of anilines is 2. The molecule has 0 saturated carbocycles. The third-order valence-electron chi connectivity index (χ3n) is 3.85. The molecule has 1 unspecified atom stereocenters. The third-order valence-corrected chi connectivity index (χ3v) is 4.14. The van der Waals surface area contributed by atoms with E-state index in [0.29, 0.717) is 22.4 Å². The van der Waals surface area contributed by atoms with Crippen LogP contribution in [0.4, 0.5) is 11.4 Å². The van der Waals surface area contributed by atoms with E-state index in [1.54, 1.807) is 6.07 Å². The lowest BCUT2D eigenvalue weighted by atomic mass is 9.96. The van der Waals surface area contributed by atoms with Gasteiger partial charge in [-0.15, -0.1) is 0 Å². The first-order chi connectivity index (χ1) is 9.54. The van der Waals surface area contributed by atoms with Crippen molar-refractivity contribution >= 4 is 28.9 Å². The highest BCUT2D eigenvalue weighted by molar-refractivity contribution is 6.34. The largest absolute Gasteiger partial charge is 0.478 e. The number of rotatable bonds is 4. The molecule has 110 valence electrons. The highest BCUT2D eigenvalue weighted by atomic mass is 35.5. The van der Waals surface area contributed by atoms with Gasteiger partial charge in [0.25, 0.3) is 0 Å². The number of hydrogen-bond acceptors (Lipinski definition) is 3. The molecule has 0 aliphatic carbocycles. The van der Waals surface area contributed by atoms with Gasteiger partial charge in [-0.2, -0.15) is 0 Å². The summed E-state index contributed by atoms with van der Waals surface area (Å²) >= 11 is 6.29. The van der Waals surface area contributed by atoms with Crippen molar-refractivity contribution in [2.45, 2.75) is 45.1 Å². The van der Waals surface area contributed by atoms with Gasteiger partial charge in [0.2, 0.25) is 0 Å². The monoisotopic (exact) mass is 296 g/mol. The summed E-state index contributed by atoms with van der Waals surface area (Å²) in [5.41, 5.74) is 6.95. The van der Waals surface area contributed by atoms with Gasteiger partial charge in [0, 0.05) is 18.3 Å². The van der Waals surface area contributed by atoms with E-state index in [1.807, 2.05) is 0 Å². The standard InChI is InChI=1S/C15H21ClN2O2/c1-2-5-11-6-3-4-7-18(11)14-12(15(19)20)8-10(17)9-13(14)16/h8-9,11H,2-7,17H2,1H3,(H,19,20). The molecule has 4 nitrogen and oxygen atoms in total. The minimum absolute atomic E-state index is 0.206. The van der Waals surface area contributed by atoms with Crippen LogP contribution in [0.5, 0.6) is 0 Å². The van der Waals surface area contributed by atoms with Crippen LogP contribution in [-0.2, 0) is 0 Å². The molecule has 0 aromatic heterocycles. The van der Waals surface area contributed by atoms with Gasteiger partial charge < -0.3 is 15.7 Å². The Hall–Kier alpha value is -1.42. The predicted octanol–water partition coefficient (Wildman–Crippen LogP) is 3.78. The number of halogens is 1. The van der Waals surface area contributed by atoms with Gasteiger partial charge >= 0.3 is 5.97 Å². The maximum absolute atomic E-state index is 11.5. The molecule has 0 bridgehead atoms. The number of nitrogens with two attached hydrogens (primary N) is 1. The maximum Gasteiger partial charge on any atom is 0.337 e. The Kier molecular flexibility index (Phi) is 4.76. The van der Waals surface area contributed by atoms with Gasteiger partial charge in [0.05, 0.1) is 16.3 Å². The number of aromatic carboxylic acids is 1. The summed E-state index contributed by atoms with van der Waals surface area (Å²) in [5.74, 6) is -0.977. The summed E-state index contributed by atoms with van der Waals surface area (Å²) in [4.78, 5) is 13.7. The second-order valence-electron chi connectivity index (χ2n) is 5.34. The lowest BCUT2D eigenvalue weighted by Crippen LogP contribution is -2.40. The number of carboxylic acids is 1. The van der Waals surface area contributed by atoms with E-state index >= 15 is 0 Å². The van der Waals surface area contributed by atoms with Crippen molar-refractivity contribution < 1.29 is 9.90 Å². The van der Waals surface area contributed by atoms with Gasteiger partial charge in [0.15, 0.2) is 0 Å². The van der Waals surface area contributed by atoms with E-state index in [9.17, 15) is 9.90 Å². The Labute approximate surface area is 124 Å².